The highest BCUT2D eigenvalue weighted by molar-refractivity contribution is 5.79. The van der Waals surface area contributed by atoms with Crippen molar-refractivity contribution in [3.8, 4) is 0 Å². The highest BCUT2D eigenvalue weighted by Gasteiger charge is 2.88. The predicted octanol–water partition coefficient (Wildman–Crippen LogP) is -0.373. The van der Waals surface area contributed by atoms with Gasteiger partial charge in [-0.1, -0.05) is 64.4 Å². The molecule has 1 aromatic rings. The molecule has 0 aromatic heterocycles. The van der Waals surface area contributed by atoms with E-state index >= 15 is 0 Å². The summed E-state index contributed by atoms with van der Waals surface area (Å²) >= 11 is 0. The molecular weight excluding hydrogens is 648 g/mol. The summed E-state index contributed by atoms with van der Waals surface area (Å²) in [5.74, 6) is -29.1. The summed E-state index contributed by atoms with van der Waals surface area (Å²) in [5, 5.41) is 77.4. The van der Waals surface area contributed by atoms with Crippen LogP contribution in [0.3, 0.4) is 0 Å². The van der Waals surface area contributed by atoms with E-state index in [0.29, 0.717) is 30.3 Å². The van der Waals surface area contributed by atoms with E-state index in [1.165, 1.54) is 31.4 Å². The van der Waals surface area contributed by atoms with Crippen molar-refractivity contribution < 1.29 is 54.4 Å². The number of hydrogen-bond acceptors (Lipinski definition) is 13. The van der Waals surface area contributed by atoms with E-state index in [1.807, 2.05) is 0 Å². The van der Waals surface area contributed by atoms with Gasteiger partial charge in [-0.2, -0.15) is 8.78 Å². The van der Waals surface area contributed by atoms with E-state index in [9.17, 15) is 13.6 Å². The summed E-state index contributed by atoms with van der Waals surface area (Å²) in [6.07, 6.45) is 4.53. The van der Waals surface area contributed by atoms with Crippen molar-refractivity contribution in [2.45, 2.75) is 121 Å². The second-order valence-electron chi connectivity index (χ2n) is 14.1. The highest BCUT2D eigenvalue weighted by atomic mass is 19.3. The van der Waals surface area contributed by atoms with Crippen molar-refractivity contribution in [2.75, 3.05) is 27.2 Å². The highest BCUT2D eigenvalue weighted by Crippen LogP contribution is 2.55. The lowest BCUT2D eigenvalue weighted by molar-refractivity contribution is -0.559. The van der Waals surface area contributed by atoms with Gasteiger partial charge in [-0.05, 0) is 57.6 Å². The number of aryl methyl sites for hydroxylation is 1. The van der Waals surface area contributed by atoms with Crippen LogP contribution in [0.5, 0.6) is 0 Å². The first-order valence-electron chi connectivity index (χ1n) is 16.7. The maximum Gasteiger partial charge on any atom is 0.363 e. The first-order valence-corrected chi connectivity index (χ1v) is 16.7. The van der Waals surface area contributed by atoms with Gasteiger partial charge in [0.15, 0.2) is 5.92 Å². The molecule has 1 saturated carbocycles. The third-order valence-electron chi connectivity index (χ3n) is 10.6. The quantitative estimate of drug-likeness (QED) is 0.127. The molecule has 1 heterocycles. The number of aliphatic hydroxyl groups is 8. The summed E-state index contributed by atoms with van der Waals surface area (Å²) in [7, 11) is 4.47. The molecule has 0 bridgehead atoms. The van der Waals surface area contributed by atoms with Gasteiger partial charge >= 0.3 is 5.92 Å². The van der Waals surface area contributed by atoms with Gasteiger partial charge in [-0.25, -0.2) is 10.0 Å². The van der Waals surface area contributed by atoms with Crippen molar-refractivity contribution in [3.05, 3.63) is 35.9 Å². The molecule has 2 aliphatic rings. The monoisotopic (exact) mass is 707 g/mol. The van der Waals surface area contributed by atoms with E-state index in [1.54, 1.807) is 0 Å². The lowest BCUT2D eigenvalue weighted by Gasteiger charge is -2.56. The van der Waals surface area contributed by atoms with Crippen LogP contribution in [-0.2, 0) is 11.2 Å². The summed E-state index contributed by atoms with van der Waals surface area (Å²) in [4.78, 5) is 16.4. The fraction of sp³-hybridized carbons (Fsp3) is 0.788. The molecule has 284 valence electrons. The number of benzene rings is 1. The topological polar surface area (TPSA) is 218 Å². The summed E-state index contributed by atoms with van der Waals surface area (Å²) < 4.78 is 26.8. The van der Waals surface area contributed by atoms with Crippen LogP contribution >= 0.6 is 0 Å². The Morgan fingerprint density at radius 1 is 0.898 bits per heavy atom. The number of rotatable bonds is 12. The Labute approximate surface area is 287 Å². The molecular formula is C33H59F2N5O9. The van der Waals surface area contributed by atoms with Crippen molar-refractivity contribution >= 4 is 5.91 Å². The number of amides is 1. The van der Waals surface area contributed by atoms with Crippen LogP contribution in [0, 0.1) is 17.8 Å². The molecule has 5 unspecified atom stereocenters. The molecule has 1 amide bonds. The zero-order valence-corrected chi connectivity index (χ0v) is 30.1. The van der Waals surface area contributed by atoms with E-state index in [2.05, 4.69) is 118 Å². The molecule has 5 atom stereocenters. The Morgan fingerprint density at radius 2 is 1.39 bits per heavy atom. The molecule has 49 heavy (non-hydrogen) atoms. The third-order valence-corrected chi connectivity index (χ3v) is 10.6. The average Bonchev–Trinajstić information content (AvgIpc) is 3.23. The Hall–Kier alpha value is -1.93. The van der Waals surface area contributed by atoms with Gasteiger partial charge < -0.3 is 46.6 Å². The van der Waals surface area contributed by atoms with Crippen molar-refractivity contribution in [1.29, 1.82) is 0 Å². The number of alkyl halides is 2. The number of nitrogens with two attached hydrogens (primary N) is 1. The van der Waals surface area contributed by atoms with Crippen LogP contribution in [0.4, 0.5) is 8.78 Å². The zero-order valence-electron chi connectivity index (χ0n) is 30.1. The number of carbonyl (C=O) groups excluding carboxylic acids is 1. The van der Waals surface area contributed by atoms with E-state index in [0.717, 1.165) is 12.5 Å². The predicted molar refractivity (Wildman–Crippen MR) is 176 cm³/mol. The van der Waals surface area contributed by atoms with E-state index < -0.39 is 40.9 Å². The van der Waals surface area contributed by atoms with E-state index in [-0.39, 0.29) is 0 Å². The van der Waals surface area contributed by atoms with Gasteiger partial charge in [0.05, 0.1) is 12.3 Å². The maximum atomic E-state index is 13.4. The molecule has 0 radical (unpaired) electrons. The van der Waals surface area contributed by atoms with Gasteiger partial charge in [0, 0.05) is 32.7 Å². The molecule has 1 aliphatic heterocycles. The van der Waals surface area contributed by atoms with Gasteiger partial charge in [0.25, 0.3) is 11.6 Å². The normalized spacial score (nSPS) is 27.0. The molecule has 16 heteroatoms. The van der Waals surface area contributed by atoms with Crippen LogP contribution in [0.15, 0.2) is 30.3 Å². The fourth-order valence-corrected chi connectivity index (χ4v) is 6.97. The molecule has 3 rings (SSSR count). The fourth-order valence-electron chi connectivity index (χ4n) is 6.97. The number of halogens is 2. The second-order valence-corrected chi connectivity index (χ2v) is 14.1. The number of nitrogens with zero attached hydrogens (tertiary/aromatic N) is 4. The number of primary amides is 1. The minimum Gasteiger partial charge on any atom is -0.369 e. The number of carbonyl (C=O) groups is 1. The van der Waals surface area contributed by atoms with Crippen molar-refractivity contribution in [1.82, 2.24) is 19.8 Å². The molecule has 1 aliphatic carbocycles. The van der Waals surface area contributed by atoms with Gasteiger partial charge in [-0.15, -0.1) is 0 Å². The maximum absolute atomic E-state index is 13.4. The van der Waals surface area contributed by atoms with Gasteiger partial charge in [-0.3, -0.25) is 14.6 Å². The zero-order chi connectivity index (χ0) is 38.1. The Kier molecular flexibility index (Phi) is 13.9. The summed E-state index contributed by atoms with van der Waals surface area (Å²) in [6.45, 7) is 19.0. The van der Waals surface area contributed by atoms with Gasteiger partial charge in [0.2, 0.25) is 17.5 Å². The molecule has 0 spiro atoms. The summed E-state index contributed by atoms with van der Waals surface area (Å²) in [5.41, 5.74) is 5.94. The van der Waals surface area contributed by atoms with E-state index in [4.69, 9.17) is 40.9 Å². The lowest BCUT2D eigenvalue weighted by atomic mass is 9.68. The van der Waals surface area contributed by atoms with Crippen LogP contribution in [0.2, 0.25) is 0 Å². The van der Waals surface area contributed by atoms with Crippen molar-refractivity contribution in [2.24, 2.45) is 23.5 Å². The minimum absolute atomic E-state index is 0.433. The first-order chi connectivity index (χ1) is 22.2. The van der Waals surface area contributed by atoms with Crippen LogP contribution in [0.25, 0.3) is 0 Å². The molecule has 14 nitrogen and oxygen atoms in total. The SMILES string of the molecule is CCC(C)C(C)N(CCCc1ccccc1)CC(C)N1C(C)N(C)N(C)C1C(C)C.NC(=O)C1C(O)(O)C(O)(O)C(F)(F)C(O)(O)C1(O)O. The Bertz CT molecular complexity index is 1190. The standard InChI is InChI=1S/C26H48N4.C7H11F2NO9/c1-10-21(4)23(6)29(18-14-17-25-15-12-11-13-16-25)19-22(5)30-24(7)27(8)28(9)26(30)20(2)3;8-5(9)6(16,17)3(12,13)1(2(10)11)4(14,15)7(5,18)19/h11-13,15-16,20-24,26H,10,14,17-19H2,1-9H3;1,12-19H,(H2,10,11). The van der Waals surface area contributed by atoms with Crippen LogP contribution in [-0.4, -0.2) is 147 Å². The number of hydrogen-bond donors (Lipinski definition) is 9. The molecule has 1 saturated heterocycles. The molecule has 2 fully saturated rings. The molecule has 10 N–H and O–H groups in total. The second kappa shape index (κ2) is 15.8. The van der Waals surface area contributed by atoms with Gasteiger partial charge in [0.1, 0.15) is 0 Å². The Balaban J connectivity index is 0.000000377. The largest absolute Gasteiger partial charge is 0.369 e. The summed E-state index contributed by atoms with van der Waals surface area (Å²) in [6, 6.07) is 12.1. The number of hydrazine groups is 1. The lowest BCUT2D eigenvalue weighted by Crippen LogP contribution is -2.88. The smallest absolute Gasteiger partial charge is 0.363 e. The third kappa shape index (κ3) is 7.95. The van der Waals surface area contributed by atoms with Crippen LogP contribution in [0.1, 0.15) is 66.9 Å². The molecule has 1 aromatic carbocycles. The van der Waals surface area contributed by atoms with Crippen LogP contribution < -0.4 is 5.73 Å². The first kappa shape index (κ1) is 43.2. The van der Waals surface area contributed by atoms with Crippen molar-refractivity contribution in [3.63, 3.8) is 0 Å². The Morgan fingerprint density at radius 3 is 1.82 bits per heavy atom. The minimum atomic E-state index is -5.68. The average molecular weight is 708 g/mol.